The van der Waals surface area contributed by atoms with E-state index < -0.39 is 5.60 Å². The Kier molecular flexibility index (Phi) is 2.60. The van der Waals surface area contributed by atoms with Crippen LogP contribution in [0.1, 0.15) is 30.3 Å². The standard InChI is InChI=1S/C10H15NO2S/c1-3-8-4-10(12,5-13-8)9-7(2)11-6-14-9/h6,8,12H,3-5H2,1-2H3. The van der Waals surface area contributed by atoms with Gasteiger partial charge in [0, 0.05) is 6.42 Å². The number of aromatic nitrogens is 1. The molecule has 1 N–H and O–H groups in total. The van der Waals surface area contributed by atoms with Gasteiger partial charge in [0.1, 0.15) is 5.60 Å². The molecule has 1 aromatic heterocycles. The molecular weight excluding hydrogens is 198 g/mol. The summed E-state index contributed by atoms with van der Waals surface area (Å²) in [7, 11) is 0. The van der Waals surface area contributed by atoms with Gasteiger partial charge in [-0.3, -0.25) is 0 Å². The molecule has 2 rings (SSSR count). The maximum absolute atomic E-state index is 10.4. The molecule has 0 radical (unpaired) electrons. The summed E-state index contributed by atoms with van der Waals surface area (Å²) >= 11 is 1.52. The molecular formula is C10H15NO2S. The topological polar surface area (TPSA) is 42.4 Å². The van der Waals surface area contributed by atoms with Gasteiger partial charge < -0.3 is 9.84 Å². The van der Waals surface area contributed by atoms with Crippen molar-refractivity contribution in [1.29, 1.82) is 0 Å². The Morgan fingerprint density at radius 3 is 3.07 bits per heavy atom. The maximum Gasteiger partial charge on any atom is 0.126 e. The zero-order valence-electron chi connectivity index (χ0n) is 8.49. The molecule has 0 amide bonds. The molecule has 1 aliphatic rings. The van der Waals surface area contributed by atoms with E-state index in [0.717, 1.165) is 17.0 Å². The van der Waals surface area contributed by atoms with E-state index in [2.05, 4.69) is 11.9 Å². The van der Waals surface area contributed by atoms with E-state index in [1.165, 1.54) is 11.3 Å². The van der Waals surface area contributed by atoms with Gasteiger partial charge in [0.05, 0.1) is 28.8 Å². The first-order valence-electron chi connectivity index (χ1n) is 4.90. The number of hydrogen-bond donors (Lipinski definition) is 1. The van der Waals surface area contributed by atoms with E-state index in [1.54, 1.807) is 5.51 Å². The van der Waals surface area contributed by atoms with Gasteiger partial charge in [-0.15, -0.1) is 11.3 Å². The van der Waals surface area contributed by atoms with Crippen molar-refractivity contribution in [3.63, 3.8) is 0 Å². The molecule has 0 spiro atoms. The Morgan fingerprint density at radius 1 is 1.79 bits per heavy atom. The van der Waals surface area contributed by atoms with Crippen molar-refractivity contribution < 1.29 is 9.84 Å². The summed E-state index contributed by atoms with van der Waals surface area (Å²) in [6.45, 7) is 4.42. The summed E-state index contributed by atoms with van der Waals surface area (Å²) in [6.07, 6.45) is 1.86. The zero-order chi connectivity index (χ0) is 10.2. The quantitative estimate of drug-likeness (QED) is 0.815. The molecule has 2 unspecified atom stereocenters. The van der Waals surface area contributed by atoms with Gasteiger partial charge in [0.15, 0.2) is 0 Å². The third-order valence-corrected chi connectivity index (χ3v) is 3.87. The lowest BCUT2D eigenvalue weighted by Gasteiger charge is -2.19. The van der Waals surface area contributed by atoms with Crippen LogP contribution in [-0.4, -0.2) is 22.8 Å². The molecule has 78 valence electrons. The highest BCUT2D eigenvalue weighted by molar-refractivity contribution is 7.09. The second-order valence-corrected chi connectivity index (χ2v) is 4.70. The van der Waals surface area contributed by atoms with Crippen LogP contribution in [0.25, 0.3) is 0 Å². The summed E-state index contributed by atoms with van der Waals surface area (Å²) in [5.41, 5.74) is 1.92. The predicted octanol–water partition coefficient (Wildman–Crippen LogP) is 1.84. The second-order valence-electron chi connectivity index (χ2n) is 3.84. The van der Waals surface area contributed by atoms with Crippen LogP contribution in [0.2, 0.25) is 0 Å². The van der Waals surface area contributed by atoms with Crippen molar-refractivity contribution in [3.05, 3.63) is 16.1 Å². The molecule has 4 heteroatoms. The number of rotatable bonds is 2. The minimum absolute atomic E-state index is 0.196. The van der Waals surface area contributed by atoms with Gasteiger partial charge in [-0.25, -0.2) is 4.98 Å². The van der Waals surface area contributed by atoms with Crippen LogP contribution in [0.3, 0.4) is 0 Å². The first-order chi connectivity index (χ1) is 6.65. The van der Waals surface area contributed by atoms with Crippen molar-refractivity contribution in [2.45, 2.75) is 38.4 Å². The second kappa shape index (κ2) is 3.61. The highest BCUT2D eigenvalue weighted by atomic mass is 32.1. The van der Waals surface area contributed by atoms with Crippen LogP contribution >= 0.6 is 11.3 Å². The summed E-state index contributed by atoms with van der Waals surface area (Å²) in [5.74, 6) is 0. The average Bonchev–Trinajstić information content (AvgIpc) is 2.73. The fraction of sp³-hybridized carbons (Fsp3) is 0.700. The molecule has 3 nitrogen and oxygen atoms in total. The zero-order valence-corrected chi connectivity index (χ0v) is 9.30. The lowest BCUT2D eigenvalue weighted by Crippen LogP contribution is -2.25. The predicted molar refractivity (Wildman–Crippen MR) is 55.4 cm³/mol. The third kappa shape index (κ3) is 1.58. The molecule has 0 aliphatic carbocycles. The van der Waals surface area contributed by atoms with Crippen molar-refractivity contribution in [2.75, 3.05) is 6.61 Å². The van der Waals surface area contributed by atoms with E-state index >= 15 is 0 Å². The summed E-state index contributed by atoms with van der Waals surface area (Å²) < 4.78 is 5.53. The Bertz CT molecular complexity index is 326. The fourth-order valence-corrected chi connectivity index (χ4v) is 2.82. The number of nitrogens with zero attached hydrogens (tertiary/aromatic N) is 1. The largest absolute Gasteiger partial charge is 0.382 e. The molecule has 2 heterocycles. The van der Waals surface area contributed by atoms with Crippen LogP contribution in [0.5, 0.6) is 0 Å². The molecule has 0 bridgehead atoms. The first kappa shape index (κ1) is 10.1. The lowest BCUT2D eigenvalue weighted by molar-refractivity contribution is 0.0202. The summed E-state index contributed by atoms with van der Waals surface area (Å²) in [4.78, 5) is 5.13. The van der Waals surface area contributed by atoms with E-state index in [9.17, 15) is 5.11 Å². The highest BCUT2D eigenvalue weighted by Crippen LogP contribution is 2.38. The van der Waals surface area contributed by atoms with Crippen LogP contribution in [0.4, 0.5) is 0 Å². The van der Waals surface area contributed by atoms with E-state index in [-0.39, 0.29) is 6.10 Å². The number of thiazole rings is 1. The number of hydrogen-bond acceptors (Lipinski definition) is 4. The minimum atomic E-state index is -0.786. The summed E-state index contributed by atoms with van der Waals surface area (Å²) in [6, 6.07) is 0. The molecule has 1 aliphatic heterocycles. The fourth-order valence-electron chi connectivity index (χ4n) is 1.92. The van der Waals surface area contributed by atoms with Crippen molar-refractivity contribution >= 4 is 11.3 Å². The minimum Gasteiger partial charge on any atom is -0.382 e. The number of aliphatic hydroxyl groups is 1. The van der Waals surface area contributed by atoms with Crippen molar-refractivity contribution in [1.82, 2.24) is 4.98 Å². The van der Waals surface area contributed by atoms with E-state index in [0.29, 0.717) is 13.0 Å². The Morgan fingerprint density at radius 2 is 2.57 bits per heavy atom. The Hall–Kier alpha value is -0.450. The van der Waals surface area contributed by atoms with Gasteiger partial charge in [-0.2, -0.15) is 0 Å². The summed E-state index contributed by atoms with van der Waals surface area (Å²) in [5, 5.41) is 10.4. The molecule has 0 aromatic carbocycles. The van der Waals surface area contributed by atoms with Gasteiger partial charge in [-0.1, -0.05) is 6.92 Å². The molecule has 0 saturated carbocycles. The van der Waals surface area contributed by atoms with Gasteiger partial charge >= 0.3 is 0 Å². The molecule has 1 aromatic rings. The lowest BCUT2D eigenvalue weighted by atomic mass is 9.96. The third-order valence-electron chi connectivity index (χ3n) is 2.75. The van der Waals surface area contributed by atoms with Crippen LogP contribution in [0.15, 0.2) is 5.51 Å². The monoisotopic (exact) mass is 213 g/mol. The van der Waals surface area contributed by atoms with Crippen LogP contribution < -0.4 is 0 Å². The maximum atomic E-state index is 10.4. The Balaban J connectivity index is 2.22. The number of ether oxygens (including phenoxy) is 1. The molecule has 14 heavy (non-hydrogen) atoms. The van der Waals surface area contributed by atoms with Crippen molar-refractivity contribution in [2.24, 2.45) is 0 Å². The Labute approximate surface area is 87.7 Å². The SMILES string of the molecule is CCC1CC(O)(c2scnc2C)CO1. The van der Waals surface area contributed by atoms with Crippen LogP contribution in [-0.2, 0) is 10.3 Å². The van der Waals surface area contributed by atoms with Gasteiger partial charge in [0.2, 0.25) is 0 Å². The highest BCUT2D eigenvalue weighted by Gasteiger charge is 2.41. The van der Waals surface area contributed by atoms with E-state index in [1.807, 2.05) is 6.92 Å². The molecule has 2 atom stereocenters. The molecule has 1 saturated heterocycles. The first-order valence-corrected chi connectivity index (χ1v) is 5.78. The van der Waals surface area contributed by atoms with Gasteiger partial charge in [0.25, 0.3) is 0 Å². The van der Waals surface area contributed by atoms with Gasteiger partial charge in [-0.05, 0) is 13.3 Å². The average molecular weight is 213 g/mol. The van der Waals surface area contributed by atoms with E-state index in [4.69, 9.17) is 4.74 Å². The van der Waals surface area contributed by atoms with Crippen molar-refractivity contribution in [3.8, 4) is 0 Å². The smallest absolute Gasteiger partial charge is 0.126 e. The van der Waals surface area contributed by atoms with Crippen LogP contribution in [0, 0.1) is 6.92 Å². The molecule has 1 fully saturated rings. The normalized spacial score (nSPS) is 32.4. The number of aryl methyl sites for hydroxylation is 1.